The van der Waals surface area contributed by atoms with Gasteiger partial charge in [0.1, 0.15) is 5.75 Å². The molecule has 0 spiro atoms. The summed E-state index contributed by atoms with van der Waals surface area (Å²) in [5.41, 5.74) is 5.37. The van der Waals surface area contributed by atoms with Crippen molar-refractivity contribution in [2.75, 3.05) is 18.5 Å². The van der Waals surface area contributed by atoms with Gasteiger partial charge in [0.05, 0.1) is 11.5 Å². The molecule has 10 heteroatoms. The van der Waals surface area contributed by atoms with Crippen LogP contribution in [0.2, 0.25) is 0 Å². The molecule has 2 aromatic carbocycles. The second kappa shape index (κ2) is 7.36. The molecule has 25 heavy (non-hydrogen) atoms. The van der Waals surface area contributed by atoms with Crippen molar-refractivity contribution >= 4 is 38.6 Å². The number of amides is 2. The van der Waals surface area contributed by atoms with Crippen LogP contribution in [0.4, 0.5) is 10.5 Å². The first-order chi connectivity index (χ1) is 11.7. The van der Waals surface area contributed by atoms with Crippen LogP contribution in [0, 0.1) is 0 Å². The minimum absolute atomic E-state index is 0.0591. The fourth-order valence-corrected chi connectivity index (χ4v) is 2.67. The summed E-state index contributed by atoms with van der Waals surface area (Å²) in [7, 11) is -4.51. The van der Waals surface area contributed by atoms with Crippen LogP contribution in [0.15, 0.2) is 35.2 Å². The molecule has 0 heterocycles. The maximum absolute atomic E-state index is 11.5. The Labute approximate surface area is 143 Å². The number of rotatable bonds is 6. The van der Waals surface area contributed by atoms with Gasteiger partial charge in [0.2, 0.25) is 0 Å². The van der Waals surface area contributed by atoms with E-state index in [0.717, 1.165) is 6.07 Å². The molecule has 2 aromatic rings. The van der Waals surface area contributed by atoms with E-state index in [1.165, 1.54) is 18.2 Å². The number of benzene rings is 2. The Morgan fingerprint density at radius 2 is 1.96 bits per heavy atom. The predicted molar refractivity (Wildman–Crippen MR) is 89.1 cm³/mol. The highest BCUT2D eigenvalue weighted by Crippen LogP contribution is 2.31. The molecule has 0 aromatic heterocycles. The number of ether oxygens (including phenoxy) is 2. The van der Waals surface area contributed by atoms with E-state index in [0.29, 0.717) is 16.5 Å². The third kappa shape index (κ3) is 4.81. The number of anilines is 1. The van der Waals surface area contributed by atoms with E-state index in [4.69, 9.17) is 15.2 Å². The molecule has 0 aliphatic heterocycles. The summed E-state index contributed by atoms with van der Waals surface area (Å²) >= 11 is 0. The summed E-state index contributed by atoms with van der Waals surface area (Å²) in [6.07, 6.45) is 0. The number of hydrogen-bond acceptors (Lipinski definition) is 6. The van der Waals surface area contributed by atoms with Gasteiger partial charge in [-0.25, -0.2) is 9.59 Å². The van der Waals surface area contributed by atoms with E-state index in [1.54, 1.807) is 13.0 Å². The fraction of sp³-hybridized carbons (Fsp3) is 0.200. The quantitative estimate of drug-likeness (QED) is 0.517. The van der Waals surface area contributed by atoms with Crippen LogP contribution in [-0.4, -0.2) is 38.2 Å². The maximum Gasteiger partial charge on any atom is 0.344 e. The van der Waals surface area contributed by atoms with E-state index in [2.05, 4.69) is 5.32 Å². The molecular formula is C15H16N2O7S. The van der Waals surface area contributed by atoms with Gasteiger partial charge in [-0.05, 0) is 36.6 Å². The zero-order valence-corrected chi connectivity index (χ0v) is 14.0. The minimum atomic E-state index is -4.51. The normalized spacial score (nSPS) is 11.1. The Morgan fingerprint density at radius 1 is 1.24 bits per heavy atom. The lowest BCUT2D eigenvalue weighted by Crippen LogP contribution is -2.19. The number of carbonyl (C=O) groups excluding carboxylic acids is 2. The number of nitrogens with two attached hydrogens (primary N) is 1. The Bertz CT molecular complexity index is 925. The van der Waals surface area contributed by atoms with Gasteiger partial charge in [-0.15, -0.1) is 0 Å². The van der Waals surface area contributed by atoms with Gasteiger partial charge in [-0.2, -0.15) is 8.42 Å². The van der Waals surface area contributed by atoms with Crippen LogP contribution in [-0.2, 0) is 19.6 Å². The van der Waals surface area contributed by atoms with E-state index in [-0.39, 0.29) is 12.4 Å². The second-order valence-electron chi connectivity index (χ2n) is 4.92. The average Bonchev–Trinajstić information content (AvgIpc) is 2.50. The zero-order chi connectivity index (χ0) is 18.6. The van der Waals surface area contributed by atoms with Crippen molar-refractivity contribution in [2.45, 2.75) is 11.8 Å². The van der Waals surface area contributed by atoms with E-state index in [1.807, 2.05) is 0 Å². The van der Waals surface area contributed by atoms with Crippen molar-refractivity contribution in [3.05, 3.63) is 30.3 Å². The smallest absolute Gasteiger partial charge is 0.344 e. The van der Waals surface area contributed by atoms with Crippen molar-refractivity contribution in [3.8, 4) is 5.75 Å². The summed E-state index contributed by atoms with van der Waals surface area (Å²) in [6.45, 7) is 1.38. The molecule has 0 saturated heterocycles. The standard InChI is InChI=1S/C15H16N2O7S/c1-2-23-14(18)8-24-13-7-11(25(20,21)22)6-9-5-10(17-15(16)19)3-4-12(9)13/h3-7H,2,8H2,1H3,(H3,16,17,19)(H,20,21,22). The van der Waals surface area contributed by atoms with Gasteiger partial charge in [-0.3, -0.25) is 4.55 Å². The summed E-state index contributed by atoms with van der Waals surface area (Å²) in [5, 5.41) is 3.17. The average molecular weight is 368 g/mol. The highest BCUT2D eigenvalue weighted by Gasteiger charge is 2.16. The first-order valence-corrected chi connectivity index (χ1v) is 8.55. The van der Waals surface area contributed by atoms with Crippen molar-refractivity contribution in [1.82, 2.24) is 0 Å². The third-order valence-corrected chi connectivity index (χ3v) is 3.94. The topological polar surface area (TPSA) is 145 Å². The van der Waals surface area contributed by atoms with Crippen LogP contribution >= 0.6 is 0 Å². The van der Waals surface area contributed by atoms with Crippen molar-refractivity contribution in [3.63, 3.8) is 0 Å². The van der Waals surface area contributed by atoms with Gasteiger partial charge in [0.15, 0.2) is 6.61 Å². The molecule has 0 fully saturated rings. The molecule has 0 bridgehead atoms. The van der Waals surface area contributed by atoms with Crippen LogP contribution in [0.3, 0.4) is 0 Å². The number of carbonyl (C=O) groups is 2. The molecule has 0 aliphatic carbocycles. The highest BCUT2D eigenvalue weighted by atomic mass is 32.2. The molecule has 0 saturated carbocycles. The summed E-state index contributed by atoms with van der Waals surface area (Å²) in [4.78, 5) is 21.9. The number of nitrogens with one attached hydrogen (secondary N) is 1. The van der Waals surface area contributed by atoms with E-state index < -0.39 is 33.6 Å². The highest BCUT2D eigenvalue weighted by molar-refractivity contribution is 7.85. The SMILES string of the molecule is CCOC(=O)COc1cc(S(=O)(=O)O)cc2cc(NC(N)=O)ccc12. The summed E-state index contributed by atoms with van der Waals surface area (Å²) in [6, 6.07) is 6.04. The molecule has 4 N–H and O–H groups in total. The first kappa shape index (κ1) is 18.5. The number of hydrogen-bond donors (Lipinski definition) is 3. The lowest BCUT2D eigenvalue weighted by Gasteiger charge is -2.12. The molecule has 0 aliphatic rings. The second-order valence-corrected chi connectivity index (χ2v) is 6.34. The lowest BCUT2D eigenvalue weighted by molar-refractivity contribution is -0.145. The lowest BCUT2D eigenvalue weighted by atomic mass is 10.1. The van der Waals surface area contributed by atoms with Gasteiger partial charge in [0, 0.05) is 17.1 Å². The van der Waals surface area contributed by atoms with Crippen molar-refractivity contribution in [2.24, 2.45) is 5.73 Å². The zero-order valence-electron chi connectivity index (χ0n) is 13.2. The molecule has 9 nitrogen and oxygen atoms in total. The number of esters is 1. The molecule has 2 amide bonds. The van der Waals surface area contributed by atoms with Crippen LogP contribution in [0.25, 0.3) is 10.8 Å². The maximum atomic E-state index is 11.5. The Balaban J connectivity index is 2.50. The third-order valence-electron chi connectivity index (χ3n) is 3.10. The number of primary amides is 1. The van der Waals surface area contributed by atoms with Crippen LogP contribution < -0.4 is 15.8 Å². The summed E-state index contributed by atoms with van der Waals surface area (Å²) in [5.74, 6) is -0.566. The molecule has 2 rings (SSSR count). The van der Waals surface area contributed by atoms with Crippen LogP contribution in [0.1, 0.15) is 6.92 Å². The molecular weight excluding hydrogens is 352 g/mol. The molecule has 0 unspecified atom stereocenters. The van der Waals surface area contributed by atoms with Crippen molar-refractivity contribution < 1.29 is 32.0 Å². The predicted octanol–water partition coefficient (Wildman–Crippen LogP) is 1.52. The Hall–Kier alpha value is -2.85. The fourth-order valence-electron chi connectivity index (χ4n) is 2.14. The van der Waals surface area contributed by atoms with Gasteiger partial charge in [-0.1, -0.05) is 0 Å². The van der Waals surface area contributed by atoms with Gasteiger partial charge in [0.25, 0.3) is 10.1 Å². The van der Waals surface area contributed by atoms with E-state index >= 15 is 0 Å². The number of urea groups is 1. The van der Waals surface area contributed by atoms with E-state index in [9.17, 15) is 22.6 Å². The Kier molecular flexibility index (Phi) is 5.45. The molecule has 134 valence electrons. The largest absolute Gasteiger partial charge is 0.481 e. The Morgan fingerprint density at radius 3 is 2.56 bits per heavy atom. The van der Waals surface area contributed by atoms with Crippen molar-refractivity contribution in [1.29, 1.82) is 0 Å². The first-order valence-electron chi connectivity index (χ1n) is 7.11. The molecule has 0 atom stereocenters. The summed E-state index contributed by atoms with van der Waals surface area (Å²) < 4.78 is 42.3. The van der Waals surface area contributed by atoms with Gasteiger partial charge < -0.3 is 20.5 Å². The molecule has 0 radical (unpaired) electrons. The van der Waals surface area contributed by atoms with Crippen LogP contribution in [0.5, 0.6) is 5.75 Å². The minimum Gasteiger partial charge on any atom is -0.481 e. The number of fused-ring (bicyclic) bond motifs is 1. The van der Waals surface area contributed by atoms with Gasteiger partial charge >= 0.3 is 12.0 Å². The monoisotopic (exact) mass is 368 g/mol.